The Balaban J connectivity index is 1.28. The Kier molecular flexibility index (Phi) is 5.79. The van der Waals surface area contributed by atoms with Gasteiger partial charge in [0, 0.05) is 37.4 Å². The number of ether oxygens (including phenoxy) is 2. The summed E-state index contributed by atoms with van der Waals surface area (Å²) in [7, 11) is 0. The van der Waals surface area contributed by atoms with Gasteiger partial charge in [0.2, 0.25) is 6.79 Å². The van der Waals surface area contributed by atoms with Crippen LogP contribution in [-0.4, -0.2) is 56.1 Å². The summed E-state index contributed by atoms with van der Waals surface area (Å²) in [5, 5.41) is 4.10. The number of piperazine rings is 1. The van der Waals surface area contributed by atoms with Crippen molar-refractivity contribution >= 4 is 17.3 Å². The standard InChI is InChI=1S/C23H27N3O4/c1-16-5-4-6-20(17(16)2)25-9-11-26(12-10-25)23(27)14-30-24-18(3)19-7-8-21-22(13-19)29-15-28-21/h4-8,13H,9-12,14-15H2,1-3H3/b24-18-. The van der Waals surface area contributed by atoms with Gasteiger partial charge in [-0.25, -0.2) is 0 Å². The van der Waals surface area contributed by atoms with Gasteiger partial charge in [0.05, 0.1) is 5.71 Å². The molecule has 0 saturated carbocycles. The lowest BCUT2D eigenvalue weighted by Crippen LogP contribution is -2.49. The molecule has 0 N–H and O–H groups in total. The van der Waals surface area contributed by atoms with Crippen LogP contribution in [0, 0.1) is 13.8 Å². The van der Waals surface area contributed by atoms with Crippen LogP contribution in [0.3, 0.4) is 0 Å². The monoisotopic (exact) mass is 409 g/mol. The number of hydrogen-bond donors (Lipinski definition) is 0. The van der Waals surface area contributed by atoms with Crippen LogP contribution in [-0.2, 0) is 9.63 Å². The second kappa shape index (κ2) is 8.65. The van der Waals surface area contributed by atoms with E-state index in [0.717, 1.165) is 24.4 Å². The highest BCUT2D eigenvalue weighted by Crippen LogP contribution is 2.32. The number of oxime groups is 1. The third-order valence-corrected chi connectivity index (χ3v) is 5.73. The third kappa shape index (κ3) is 4.20. The van der Waals surface area contributed by atoms with E-state index in [1.165, 1.54) is 16.8 Å². The number of carbonyl (C=O) groups is 1. The predicted octanol–water partition coefficient (Wildman–Crippen LogP) is 3.12. The van der Waals surface area contributed by atoms with Crippen molar-refractivity contribution in [3.05, 3.63) is 53.1 Å². The molecule has 7 nitrogen and oxygen atoms in total. The SMILES string of the molecule is C/C(=N/OCC(=O)N1CCN(c2cccc(C)c2C)CC1)c1ccc2c(c1)OCO2. The molecule has 2 aliphatic heterocycles. The molecule has 1 fully saturated rings. The molecule has 0 aliphatic carbocycles. The molecule has 7 heteroatoms. The number of hydrogen-bond acceptors (Lipinski definition) is 6. The summed E-state index contributed by atoms with van der Waals surface area (Å²) >= 11 is 0. The molecule has 158 valence electrons. The zero-order chi connectivity index (χ0) is 21.1. The van der Waals surface area contributed by atoms with Gasteiger partial charge in [-0.05, 0) is 56.2 Å². The number of nitrogens with zero attached hydrogens (tertiary/aromatic N) is 3. The van der Waals surface area contributed by atoms with Crippen molar-refractivity contribution in [1.82, 2.24) is 4.90 Å². The van der Waals surface area contributed by atoms with Crippen molar-refractivity contribution in [2.45, 2.75) is 20.8 Å². The number of anilines is 1. The van der Waals surface area contributed by atoms with Crippen LogP contribution in [0.2, 0.25) is 0 Å². The Morgan fingerprint density at radius 2 is 1.83 bits per heavy atom. The minimum absolute atomic E-state index is 0.0437. The van der Waals surface area contributed by atoms with Crippen LogP contribution in [0.4, 0.5) is 5.69 Å². The maximum atomic E-state index is 12.5. The molecule has 4 rings (SSSR count). The maximum absolute atomic E-state index is 12.5. The molecule has 1 saturated heterocycles. The molecular formula is C23H27N3O4. The fourth-order valence-electron chi connectivity index (χ4n) is 3.72. The van der Waals surface area contributed by atoms with E-state index in [0.29, 0.717) is 24.6 Å². The van der Waals surface area contributed by atoms with E-state index in [4.69, 9.17) is 14.3 Å². The average Bonchev–Trinajstić information content (AvgIpc) is 3.23. The summed E-state index contributed by atoms with van der Waals surface area (Å²) in [5.41, 5.74) is 5.39. The fourth-order valence-corrected chi connectivity index (χ4v) is 3.72. The minimum atomic E-state index is -0.0641. The lowest BCUT2D eigenvalue weighted by atomic mass is 10.1. The zero-order valence-electron chi connectivity index (χ0n) is 17.7. The fraction of sp³-hybridized carbons (Fsp3) is 0.391. The molecule has 2 aliphatic rings. The van der Waals surface area contributed by atoms with Crippen LogP contribution in [0.25, 0.3) is 0 Å². The Bertz CT molecular complexity index is 965. The number of fused-ring (bicyclic) bond motifs is 1. The topological polar surface area (TPSA) is 63.6 Å². The quantitative estimate of drug-likeness (QED) is 0.561. The number of carbonyl (C=O) groups excluding carboxylic acids is 1. The first-order valence-corrected chi connectivity index (χ1v) is 10.2. The Hall–Kier alpha value is -3.22. The van der Waals surface area contributed by atoms with Crippen molar-refractivity contribution in [1.29, 1.82) is 0 Å². The highest BCUT2D eigenvalue weighted by molar-refractivity contribution is 5.99. The normalized spacial score (nSPS) is 16.0. The van der Waals surface area contributed by atoms with Crippen LogP contribution < -0.4 is 14.4 Å². The van der Waals surface area contributed by atoms with Gasteiger partial charge in [-0.15, -0.1) is 0 Å². The number of rotatable bonds is 5. The molecule has 0 bridgehead atoms. The molecule has 30 heavy (non-hydrogen) atoms. The van der Waals surface area contributed by atoms with Gasteiger partial charge in [0.15, 0.2) is 18.1 Å². The molecule has 0 atom stereocenters. The van der Waals surface area contributed by atoms with Crippen molar-refractivity contribution in [2.24, 2.45) is 5.16 Å². The van der Waals surface area contributed by atoms with E-state index in [-0.39, 0.29) is 19.3 Å². The van der Waals surface area contributed by atoms with Crippen molar-refractivity contribution in [3.8, 4) is 11.5 Å². The summed E-state index contributed by atoms with van der Waals surface area (Å²) in [6.45, 7) is 9.28. The number of amides is 1. The molecule has 0 unspecified atom stereocenters. The molecule has 0 radical (unpaired) electrons. The van der Waals surface area contributed by atoms with Crippen molar-refractivity contribution < 1.29 is 19.1 Å². The predicted molar refractivity (Wildman–Crippen MR) is 115 cm³/mol. The summed E-state index contributed by atoms with van der Waals surface area (Å²) in [6, 6.07) is 12.0. The average molecular weight is 409 g/mol. The Morgan fingerprint density at radius 3 is 2.63 bits per heavy atom. The van der Waals surface area contributed by atoms with E-state index < -0.39 is 0 Å². The molecule has 2 aromatic rings. The van der Waals surface area contributed by atoms with E-state index >= 15 is 0 Å². The lowest BCUT2D eigenvalue weighted by Gasteiger charge is -2.36. The van der Waals surface area contributed by atoms with Gasteiger partial charge in [0.25, 0.3) is 5.91 Å². The van der Waals surface area contributed by atoms with Gasteiger partial charge >= 0.3 is 0 Å². The highest BCUT2D eigenvalue weighted by Gasteiger charge is 2.22. The third-order valence-electron chi connectivity index (χ3n) is 5.73. The van der Waals surface area contributed by atoms with Crippen LogP contribution in [0.1, 0.15) is 23.6 Å². The molecule has 2 aromatic carbocycles. The summed E-state index contributed by atoms with van der Waals surface area (Å²) in [5.74, 6) is 1.38. The van der Waals surface area contributed by atoms with Crippen molar-refractivity contribution in [2.75, 3.05) is 44.5 Å². The minimum Gasteiger partial charge on any atom is -0.454 e. The molecule has 2 heterocycles. The maximum Gasteiger partial charge on any atom is 0.263 e. The summed E-state index contributed by atoms with van der Waals surface area (Å²) in [4.78, 5) is 22.0. The zero-order valence-corrected chi connectivity index (χ0v) is 17.7. The molecule has 0 aromatic heterocycles. The van der Waals surface area contributed by atoms with E-state index in [1.54, 1.807) is 0 Å². The smallest absolute Gasteiger partial charge is 0.263 e. The van der Waals surface area contributed by atoms with Gasteiger partial charge in [-0.2, -0.15) is 0 Å². The van der Waals surface area contributed by atoms with E-state index in [1.807, 2.05) is 30.0 Å². The van der Waals surface area contributed by atoms with Crippen molar-refractivity contribution in [3.63, 3.8) is 0 Å². The van der Waals surface area contributed by atoms with Crippen LogP contribution in [0.15, 0.2) is 41.6 Å². The van der Waals surface area contributed by atoms with Gasteiger partial charge in [-0.3, -0.25) is 4.79 Å². The van der Waals surface area contributed by atoms with Gasteiger partial charge in [-0.1, -0.05) is 17.3 Å². The molecular weight excluding hydrogens is 382 g/mol. The molecule has 1 amide bonds. The molecule has 0 spiro atoms. The Morgan fingerprint density at radius 1 is 1.07 bits per heavy atom. The second-order valence-electron chi connectivity index (χ2n) is 7.61. The van der Waals surface area contributed by atoms with Gasteiger partial charge < -0.3 is 24.1 Å². The van der Waals surface area contributed by atoms with E-state index in [9.17, 15) is 4.79 Å². The van der Waals surface area contributed by atoms with Crippen LogP contribution >= 0.6 is 0 Å². The second-order valence-corrected chi connectivity index (χ2v) is 7.61. The van der Waals surface area contributed by atoms with E-state index in [2.05, 4.69) is 42.1 Å². The van der Waals surface area contributed by atoms with Crippen LogP contribution in [0.5, 0.6) is 11.5 Å². The first kappa shape index (κ1) is 20.1. The largest absolute Gasteiger partial charge is 0.454 e. The number of aryl methyl sites for hydroxylation is 1. The first-order chi connectivity index (χ1) is 14.5. The lowest BCUT2D eigenvalue weighted by molar-refractivity contribution is -0.136. The van der Waals surface area contributed by atoms with Gasteiger partial charge in [0.1, 0.15) is 0 Å². The summed E-state index contributed by atoms with van der Waals surface area (Å²) < 4.78 is 10.7. The number of benzene rings is 2. The first-order valence-electron chi connectivity index (χ1n) is 10.2. The Labute approximate surface area is 176 Å². The highest BCUT2D eigenvalue weighted by atomic mass is 16.7. The summed E-state index contributed by atoms with van der Waals surface area (Å²) in [6.07, 6.45) is 0.